The number of nitro groups is 1. The number of benzene rings is 1. The zero-order chi connectivity index (χ0) is 11.5. The second-order valence-electron chi connectivity index (χ2n) is 3.15. The van der Waals surface area contributed by atoms with Crippen molar-refractivity contribution >= 4 is 5.97 Å². The van der Waals surface area contributed by atoms with E-state index in [4.69, 9.17) is 10.8 Å². The van der Waals surface area contributed by atoms with Gasteiger partial charge in [0.05, 0.1) is 11.3 Å². The minimum Gasteiger partial charge on any atom is -0.475 e. The number of nitrogens with two attached hydrogens (primary N) is 1. The molecule has 0 aliphatic heterocycles. The third kappa shape index (κ3) is 2.29. The van der Waals surface area contributed by atoms with Gasteiger partial charge in [0, 0.05) is 0 Å². The summed E-state index contributed by atoms with van der Waals surface area (Å²) in [7, 11) is 0. The van der Waals surface area contributed by atoms with Crippen LogP contribution >= 0.6 is 0 Å². The number of hydrogen-bond acceptors (Lipinski definition) is 4. The molecule has 3 N–H and O–H groups in total. The summed E-state index contributed by atoms with van der Waals surface area (Å²) in [5, 5.41) is 19.3. The van der Waals surface area contributed by atoms with Crippen LogP contribution in [0.3, 0.4) is 0 Å². The Morgan fingerprint density at radius 2 is 2.00 bits per heavy atom. The first kappa shape index (κ1) is 11.1. The van der Waals surface area contributed by atoms with Gasteiger partial charge >= 0.3 is 11.6 Å². The molecule has 0 radical (unpaired) electrons. The van der Waals surface area contributed by atoms with Crippen molar-refractivity contribution in [2.45, 2.75) is 12.1 Å². The van der Waals surface area contributed by atoms with Crippen molar-refractivity contribution in [2.75, 3.05) is 0 Å². The average molecular weight is 210 g/mol. The molecule has 1 atom stereocenters. The van der Waals surface area contributed by atoms with Gasteiger partial charge in [-0.15, -0.1) is 0 Å². The lowest BCUT2D eigenvalue weighted by Crippen LogP contribution is -2.56. The van der Waals surface area contributed by atoms with Crippen LogP contribution in [0.2, 0.25) is 0 Å². The van der Waals surface area contributed by atoms with E-state index < -0.39 is 16.6 Å². The van der Waals surface area contributed by atoms with Crippen LogP contribution in [0.1, 0.15) is 5.56 Å². The van der Waals surface area contributed by atoms with Crippen LogP contribution in [-0.4, -0.2) is 21.7 Å². The van der Waals surface area contributed by atoms with Gasteiger partial charge in [-0.05, 0) is 5.56 Å². The van der Waals surface area contributed by atoms with E-state index in [-0.39, 0.29) is 6.42 Å². The molecule has 0 heterocycles. The maximum absolute atomic E-state index is 10.7. The van der Waals surface area contributed by atoms with Crippen molar-refractivity contribution in [2.24, 2.45) is 5.73 Å². The molecule has 0 aliphatic carbocycles. The lowest BCUT2D eigenvalue weighted by atomic mass is 10.0. The molecule has 1 rings (SSSR count). The molecule has 6 heteroatoms. The Bertz CT molecular complexity index is 363. The average Bonchev–Trinajstić information content (AvgIpc) is 2.18. The maximum atomic E-state index is 10.7. The van der Waals surface area contributed by atoms with Crippen LogP contribution in [0.15, 0.2) is 30.3 Å². The van der Waals surface area contributed by atoms with Crippen LogP contribution in [-0.2, 0) is 11.2 Å². The molecule has 0 bridgehead atoms. The van der Waals surface area contributed by atoms with Crippen LogP contribution < -0.4 is 5.73 Å². The van der Waals surface area contributed by atoms with Crippen molar-refractivity contribution in [3.63, 3.8) is 0 Å². The molecule has 0 unspecified atom stereocenters. The number of rotatable bonds is 4. The van der Waals surface area contributed by atoms with E-state index in [1.807, 2.05) is 0 Å². The minimum absolute atomic E-state index is 0.337. The molecule has 0 fully saturated rings. The van der Waals surface area contributed by atoms with Gasteiger partial charge in [0.1, 0.15) is 0 Å². The predicted octanol–water partition coefficient (Wildman–Crippen LogP) is 0.245. The van der Waals surface area contributed by atoms with Gasteiger partial charge in [-0.1, -0.05) is 30.3 Å². The first-order chi connectivity index (χ1) is 6.97. The molecule has 1 aromatic carbocycles. The second kappa shape index (κ2) is 4.05. The number of aliphatic carboxylic acids is 1. The standard InChI is InChI=1S/C9H10N2O4/c10-9(8(12)13,11(14)15)6-7-4-2-1-3-5-7/h1-5H,6,10H2,(H,12,13)/t9-/m1/s1. The molecule has 0 aromatic heterocycles. The van der Waals surface area contributed by atoms with Crippen molar-refractivity contribution in [3.8, 4) is 0 Å². The molecule has 6 nitrogen and oxygen atoms in total. The molecule has 80 valence electrons. The summed E-state index contributed by atoms with van der Waals surface area (Å²) < 4.78 is 0. The number of nitrogens with zero attached hydrogens (tertiary/aromatic N) is 1. The van der Waals surface area contributed by atoms with E-state index in [9.17, 15) is 14.9 Å². The zero-order valence-corrected chi connectivity index (χ0v) is 7.79. The monoisotopic (exact) mass is 210 g/mol. The quantitative estimate of drug-likeness (QED) is 0.420. The van der Waals surface area contributed by atoms with Gasteiger partial charge in [0.25, 0.3) is 0 Å². The Balaban J connectivity index is 2.95. The summed E-state index contributed by atoms with van der Waals surface area (Å²) in [6, 6.07) is 8.24. The second-order valence-corrected chi connectivity index (χ2v) is 3.15. The molecule has 0 aliphatic rings. The smallest absolute Gasteiger partial charge is 0.399 e. The molecule has 0 spiro atoms. The summed E-state index contributed by atoms with van der Waals surface area (Å²) in [5.41, 5.74) is 3.27. The lowest BCUT2D eigenvalue weighted by Gasteiger charge is -2.15. The molecule has 15 heavy (non-hydrogen) atoms. The van der Waals surface area contributed by atoms with E-state index in [2.05, 4.69) is 0 Å². The van der Waals surface area contributed by atoms with Crippen LogP contribution in [0, 0.1) is 10.1 Å². The van der Waals surface area contributed by atoms with Crippen molar-refractivity contribution in [1.29, 1.82) is 0 Å². The summed E-state index contributed by atoms with van der Waals surface area (Å²) in [5.74, 6) is -1.64. The Morgan fingerprint density at radius 3 is 2.40 bits per heavy atom. The van der Waals surface area contributed by atoms with Crippen molar-refractivity contribution in [3.05, 3.63) is 46.0 Å². The van der Waals surface area contributed by atoms with Crippen LogP contribution in [0.25, 0.3) is 0 Å². The fourth-order valence-corrected chi connectivity index (χ4v) is 1.13. The minimum atomic E-state index is -2.46. The third-order valence-corrected chi connectivity index (χ3v) is 2.01. The highest BCUT2D eigenvalue weighted by Crippen LogP contribution is 2.12. The van der Waals surface area contributed by atoms with Gasteiger partial charge in [-0.25, -0.2) is 4.79 Å². The van der Waals surface area contributed by atoms with Gasteiger partial charge < -0.3 is 5.11 Å². The topological polar surface area (TPSA) is 106 Å². The number of carbonyl (C=O) groups is 1. The number of carboxylic acids is 1. The fourth-order valence-electron chi connectivity index (χ4n) is 1.13. The highest BCUT2D eigenvalue weighted by molar-refractivity contribution is 5.76. The molecule has 0 amide bonds. The Kier molecular flexibility index (Phi) is 3.01. The first-order valence-corrected chi connectivity index (χ1v) is 4.17. The normalized spacial score (nSPS) is 14.2. The Hall–Kier alpha value is -1.95. The molecule has 0 saturated heterocycles. The molecular weight excluding hydrogens is 200 g/mol. The molecule has 1 aromatic rings. The van der Waals surface area contributed by atoms with Gasteiger partial charge in [0.15, 0.2) is 0 Å². The SMILES string of the molecule is N[C@@](Cc1ccccc1)(C(=O)O)[N+](=O)[O-]. The largest absolute Gasteiger partial charge is 0.475 e. The third-order valence-electron chi connectivity index (χ3n) is 2.01. The highest BCUT2D eigenvalue weighted by Gasteiger charge is 2.47. The number of hydrogen-bond donors (Lipinski definition) is 2. The molecular formula is C9H10N2O4. The summed E-state index contributed by atoms with van der Waals surface area (Å²) in [4.78, 5) is 20.3. The highest BCUT2D eigenvalue weighted by atomic mass is 16.6. The van der Waals surface area contributed by atoms with E-state index in [0.717, 1.165) is 0 Å². The maximum Gasteiger partial charge on any atom is 0.399 e. The van der Waals surface area contributed by atoms with Crippen molar-refractivity contribution in [1.82, 2.24) is 0 Å². The van der Waals surface area contributed by atoms with Gasteiger partial charge in [-0.2, -0.15) is 0 Å². The van der Waals surface area contributed by atoms with Gasteiger partial charge in [-0.3, -0.25) is 15.8 Å². The van der Waals surface area contributed by atoms with E-state index in [1.54, 1.807) is 30.3 Å². The van der Waals surface area contributed by atoms with Crippen LogP contribution in [0.5, 0.6) is 0 Å². The van der Waals surface area contributed by atoms with Crippen LogP contribution in [0.4, 0.5) is 0 Å². The van der Waals surface area contributed by atoms with Gasteiger partial charge in [0.2, 0.25) is 0 Å². The summed E-state index contributed by atoms with van der Waals surface area (Å²) in [6.45, 7) is 0. The summed E-state index contributed by atoms with van der Waals surface area (Å²) >= 11 is 0. The predicted molar refractivity (Wildman–Crippen MR) is 51.7 cm³/mol. The van der Waals surface area contributed by atoms with E-state index in [0.29, 0.717) is 5.56 Å². The van der Waals surface area contributed by atoms with E-state index >= 15 is 0 Å². The number of carboxylic acid groups (broad SMARTS) is 1. The Labute approximate surface area is 85.5 Å². The molecule has 0 saturated carbocycles. The summed E-state index contributed by atoms with van der Waals surface area (Å²) in [6.07, 6.45) is -0.337. The Morgan fingerprint density at radius 1 is 1.47 bits per heavy atom. The lowest BCUT2D eigenvalue weighted by molar-refractivity contribution is -0.553. The zero-order valence-electron chi connectivity index (χ0n) is 7.79. The fraction of sp³-hybridized carbons (Fsp3) is 0.222. The van der Waals surface area contributed by atoms with E-state index in [1.165, 1.54) is 0 Å². The van der Waals surface area contributed by atoms with Crippen molar-refractivity contribution < 1.29 is 14.8 Å². The first-order valence-electron chi connectivity index (χ1n) is 4.17.